The van der Waals surface area contributed by atoms with E-state index < -0.39 is 6.10 Å². The van der Waals surface area contributed by atoms with Crippen LogP contribution >= 0.6 is 11.3 Å². The van der Waals surface area contributed by atoms with Crippen LogP contribution in [0, 0.1) is 0 Å². The van der Waals surface area contributed by atoms with Crippen LogP contribution < -0.4 is 4.90 Å². The largest absolute Gasteiger partial charge is 0.388 e. The molecule has 1 aromatic rings. The molecule has 1 aromatic heterocycles. The predicted molar refractivity (Wildman–Crippen MR) is 65.5 cm³/mol. The van der Waals surface area contributed by atoms with Crippen molar-refractivity contribution in [3.8, 4) is 0 Å². The Kier molecular flexibility index (Phi) is 5.05. The SMILES string of the molecule is CCCCCN(C)c1ncc(C(C)O)s1. The molecular formula is C11H20N2OS. The first kappa shape index (κ1) is 12.5. The van der Waals surface area contributed by atoms with E-state index in [1.165, 1.54) is 19.3 Å². The number of hydrogen-bond donors (Lipinski definition) is 1. The summed E-state index contributed by atoms with van der Waals surface area (Å²) in [6.07, 6.45) is 5.07. The molecule has 0 fully saturated rings. The molecule has 0 aromatic carbocycles. The third-order valence-corrected chi connectivity index (χ3v) is 3.63. The molecule has 1 rings (SSSR count). The van der Waals surface area contributed by atoms with Gasteiger partial charge in [0.1, 0.15) is 0 Å². The van der Waals surface area contributed by atoms with Crippen molar-refractivity contribution in [1.29, 1.82) is 0 Å². The van der Waals surface area contributed by atoms with E-state index in [2.05, 4.69) is 23.9 Å². The van der Waals surface area contributed by atoms with Crippen LogP contribution in [0.25, 0.3) is 0 Å². The highest BCUT2D eigenvalue weighted by Gasteiger charge is 2.09. The summed E-state index contributed by atoms with van der Waals surface area (Å²) in [6, 6.07) is 0. The van der Waals surface area contributed by atoms with Crippen LogP contribution in [-0.2, 0) is 0 Å². The fourth-order valence-electron chi connectivity index (χ4n) is 1.34. The first-order valence-electron chi connectivity index (χ1n) is 5.50. The number of aliphatic hydroxyl groups excluding tert-OH is 1. The summed E-state index contributed by atoms with van der Waals surface area (Å²) in [5.41, 5.74) is 0. The van der Waals surface area contributed by atoms with Crippen LogP contribution in [0.2, 0.25) is 0 Å². The van der Waals surface area contributed by atoms with Crippen molar-refractivity contribution in [1.82, 2.24) is 4.98 Å². The second-order valence-corrected chi connectivity index (χ2v) is 4.89. The van der Waals surface area contributed by atoms with E-state index in [0.717, 1.165) is 16.6 Å². The molecule has 1 N–H and O–H groups in total. The smallest absolute Gasteiger partial charge is 0.185 e. The zero-order valence-corrected chi connectivity index (χ0v) is 10.5. The number of anilines is 1. The lowest BCUT2D eigenvalue weighted by Crippen LogP contribution is -2.17. The van der Waals surface area contributed by atoms with Crippen molar-refractivity contribution < 1.29 is 5.11 Å². The Balaban J connectivity index is 2.47. The molecule has 0 radical (unpaired) electrons. The van der Waals surface area contributed by atoms with Crippen molar-refractivity contribution in [2.24, 2.45) is 0 Å². The summed E-state index contributed by atoms with van der Waals surface area (Å²) in [6.45, 7) is 5.02. The molecular weight excluding hydrogens is 208 g/mol. The number of aliphatic hydroxyl groups is 1. The second kappa shape index (κ2) is 6.08. The highest BCUT2D eigenvalue weighted by atomic mass is 32.1. The van der Waals surface area contributed by atoms with Gasteiger partial charge in [-0.05, 0) is 13.3 Å². The maximum absolute atomic E-state index is 9.38. The fraction of sp³-hybridized carbons (Fsp3) is 0.727. The minimum atomic E-state index is -0.403. The lowest BCUT2D eigenvalue weighted by Gasteiger charge is -2.14. The number of aromatic nitrogens is 1. The van der Waals surface area contributed by atoms with Gasteiger partial charge >= 0.3 is 0 Å². The van der Waals surface area contributed by atoms with Gasteiger partial charge < -0.3 is 10.0 Å². The number of rotatable bonds is 6. The Labute approximate surface area is 95.8 Å². The Bertz CT molecular complexity index is 286. The molecule has 0 aliphatic heterocycles. The summed E-state index contributed by atoms with van der Waals surface area (Å²) in [5.74, 6) is 0. The van der Waals surface area contributed by atoms with Crippen molar-refractivity contribution in [3.05, 3.63) is 11.1 Å². The van der Waals surface area contributed by atoms with E-state index in [1.54, 1.807) is 24.5 Å². The van der Waals surface area contributed by atoms with Crippen molar-refractivity contribution in [3.63, 3.8) is 0 Å². The van der Waals surface area contributed by atoms with E-state index >= 15 is 0 Å². The molecule has 4 heteroatoms. The minimum absolute atomic E-state index is 0.403. The molecule has 3 nitrogen and oxygen atoms in total. The van der Waals surface area contributed by atoms with Gasteiger partial charge in [0.25, 0.3) is 0 Å². The number of hydrogen-bond acceptors (Lipinski definition) is 4. The Morgan fingerprint density at radius 1 is 1.53 bits per heavy atom. The van der Waals surface area contributed by atoms with Crippen LogP contribution in [-0.4, -0.2) is 23.7 Å². The number of nitrogens with zero attached hydrogens (tertiary/aromatic N) is 2. The van der Waals surface area contributed by atoms with Gasteiger partial charge in [0.15, 0.2) is 5.13 Å². The van der Waals surface area contributed by atoms with Gasteiger partial charge in [-0.25, -0.2) is 4.98 Å². The van der Waals surface area contributed by atoms with Gasteiger partial charge in [0.2, 0.25) is 0 Å². The zero-order valence-electron chi connectivity index (χ0n) is 9.73. The predicted octanol–water partition coefficient (Wildman–Crippen LogP) is 2.82. The third-order valence-electron chi connectivity index (χ3n) is 2.35. The lowest BCUT2D eigenvalue weighted by molar-refractivity contribution is 0.203. The first-order valence-corrected chi connectivity index (χ1v) is 6.31. The normalized spacial score (nSPS) is 12.8. The molecule has 0 amide bonds. The lowest BCUT2D eigenvalue weighted by atomic mass is 10.2. The van der Waals surface area contributed by atoms with Crippen LogP contribution in [0.3, 0.4) is 0 Å². The molecule has 0 aliphatic carbocycles. The Morgan fingerprint density at radius 3 is 2.80 bits per heavy atom. The first-order chi connectivity index (χ1) is 7.15. The highest BCUT2D eigenvalue weighted by Crippen LogP contribution is 2.26. The summed E-state index contributed by atoms with van der Waals surface area (Å²) >= 11 is 1.57. The minimum Gasteiger partial charge on any atom is -0.388 e. The van der Waals surface area contributed by atoms with E-state index in [9.17, 15) is 5.11 Å². The van der Waals surface area contributed by atoms with E-state index in [0.29, 0.717) is 0 Å². The van der Waals surface area contributed by atoms with E-state index in [-0.39, 0.29) is 0 Å². The monoisotopic (exact) mass is 228 g/mol. The average Bonchev–Trinajstić information content (AvgIpc) is 2.66. The van der Waals surface area contributed by atoms with Crippen LogP contribution in [0.5, 0.6) is 0 Å². The van der Waals surface area contributed by atoms with Gasteiger partial charge in [-0.1, -0.05) is 31.1 Å². The third kappa shape index (κ3) is 3.80. The molecule has 0 bridgehead atoms. The molecule has 1 heterocycles. The molecule has 0 spiro atoms. The second-order valence-electron chi connectivity index (χ2n) is 3.85. The zero-order chi connectivity index (χ0) is 11.3. The maximum atomic E-state index is 9.38. The van der Waals surface area contributed by atoms with Crippen molar-refractivity contribution >= 4 is 16.5 Å². The van der Waals surface area contributed by atoms with Crippen LogP contribution in [0.4, 0.5) is 5.13 Å². The quantitative estimate of drug-likeness (QED) is 0.761. The summed E-state index contributed by atoms with van der Waals surface area (Å²) < 4.78 is 0. The molecule has 0 saturated carbocycles. The number of thiazole rings is 1. The van der Waals surface area contributed by atoms with Gasteiger partial charge in [0, 0.05) is 19.8 Å². The summed E-state index contributed by atoms with van der Waals surface area (Å²) in [5, 5.41) is 10.4. The standard InChI is InChI=1S/C11H20N2OS/c1-4-5-6-7-13(3)11-12-8-10(15-11)9(2)14/h8-9,14H,4-7H2,1-3H3. The van der Waals surface area contributed by atoms with E-state index in [1.807, 2.05) is 0 Å². The summed E-state index contributed by atoms with van der Waals surface area (Å²) in [4.78, 5) is 7.40. The average molecular weight is 228 g/mol. The summed E-state index contributed by atoms with van der Waals surface area (Å²) in [7, 11) is 2.06. The van der Waals surface area contributed by atoms with Gasteiger partial charge in [-0.3, -0.25) is 0 Å². The molecule has 1 unspecified atom stereocenters. The molecule has 15 heavy (non-hydrogen) atoms. The van der Waals surface area contributed by atoms with Crippen LogP contribution in [0.1, 0.15) is 44.1 Å². The maximum Gasteiger partial charge on any atom is 0.185 e. The fourth-order valence-corrected chi connectivity index (χ4v) is 2.18. The molecule has 0 aliphatic rings. The van der Waals surface area contributed by atoms with Crippen molar-refractivity contribution in [2.45, 2.75) is 39.2 Å². The molecule has 1 atom stereocenters. The highest BCUT2D eigenvalue weighted by molar-refractivity contribution is 7.15. The Morgan fingerprint density at radius 2 is 2.27 bits per heavy atom. The topological polar surface area (TPSA) is 36.4 Å². The van der Waals surface area contributed by atoms with Gasteiger partial charge in [0.05, 0.1) is 11.0 Å². The van der Waals surface area contributed by atoms with Gasteiger partial charge in [-0.15, -0.1) is 0 Å². The van der Waals surface area contributed by atoms with E-state index in [4.69, 9.17) is 0 Å². The Hall–Kier alpha value is -0.610. The van der Waals surface area contributed by atoms with Gasteiger partial charge in [-0.2, -0.15) is 0 Å². The number of unbranched alkanes of at least 4 members (excludes halogenated alkanes) is 2. The molecule has 0 saturated heterocycles. The molecule has 86 valence electrons. The van der Waals surface area contributed by atoms with Crippen molar-refractivity contribution in [2.75, 3.05) is 18.5 Å². The van der Waals surface area contributed by atoms with Crippen LogP contribution in [0.15, 0.2) is 6.20 Å².